The Bertz CT molecular complexity index is 1350. The maximum Gasteiger partial charge on any atom is 0.261 e. The van der Waals surface area contributed by atoms with Crippen LogP contribution in [0.25, 0.3) is 5.69 Å². The van der Waals surface area contributed by atoms with Crippen molar-refractivity contribution in [1.29, 1.82) is 0 Å². The fraction of sp³-hybridized carbons (Fsp3) is 0.370. The first-order valence-electron chi connectivity index (χ1n) is 12.9. The molecular weight excluding hydrogens is 574 g/mol. The molecular formula is C27H34ClN5O5S2. The predicted molar refractivity (Wildman–Crippen MR) is 161 cm³/mol. The second-order valence-electron chi connectivity index (χ2n) is 9.75. The first-order valence-corrected chi connectivity index (χ1v) is 15.9. The van der Waals surface area contributed by atoms with E-state index in [-0.39, 0.29) is 30.0 Å². The smallest absolute Gasteiger partial charge is 0.261 e. The first kappa shape index (κ1) is 30.3. The average molecular weight is 608 g/mol. The molecule has 2 aromatic heterocycles. The lowest BCUT2D eigenvalue weighted by Crippen LogP contribution is -2.50. The fourth-order valence-electron chi connectivity index (χ4n) is 4.35. The quantitative estimate of drug-likeness (QED) is 0.264. The Morgan fingerprint density at radius 2 is 1.80 bits per heavy atom. The third-order valence-electron chi connectivity index (χ3n) is 6.67. The van der Waals surface area contributed by atoms with Crippen molar-refractivity contribution in [3.05, 3.63) is 85.9 Å². The first-order chi connectivity index (χ1) is 19.1. The van der Waals surface area contributed by atoms with E-state index in [4.69, 9.17) is 11.6 Å². The minimum Gasteiger partial charge on any atom is -0.349 e. The summed E-state index contributed by atoms with van der Waals surface area (Å²) in [6.07, 6.45) is 1.67. The van der Waals surface area contributed by atoms with Crippen molar-refractivity contribution in [2.75, 3.05) is 57.8 Å². The number of nitrogens with zero attached hydrogens (tertiary/aromatic N) is 3. The van der Waals surface area contributed by atoms with Crippen LogP contribution in [0.5, 0.6) is 0 Å². The number of aromatic nitrogens is 1. The second kappa shape index (κ2) is 13.8. The highest BCUT2D eigenvalue weighted by Crippen LogP contribution is 2.40. The zero-order valence-corrected chi connectivity index (χ0v) is 24.6. The number of pyridine rings is 1. The van der Waals surface area contributed by atoms with Crippen LogP contribution in [0, 0.1) is 0 Å². The van der Waals surface area contributed by atoms with Gasteiger partial charge in [0.1, 0.15) is 0 Å². The summed E-state index contributed by atoms with van der Waals surface area (Å²) in [4.78, 5) is 42.7. The van der Waals surface area contributed by atoms with Gasteiger partial charge < -0.3 is 15.5 Å². The summed E-state index contributed by atoms with van der Waals surface area (Å²) >= 11 is 7.16. The Hall–Kier alpha value is -2.71. The van der Waals surface area contributed by atoms with E-state index >= 15 is 0 Å². The molecule has 0 bridgehead atoms. The van der Waals surface area contributed by atoms with E-state index in [0.717, 1.165) is 6.54 Å². The lowest BCUT2D eigenvalue weighted by atomic mass is 10.1. The molecule has 1 aromatic carbocycles. The van der Waals surface area contributed by atoms with Crippen molar-refractivity contribution in [2.45, 2.75) is 6.04 Å². The zero-order valence-electron chi connectivity index (χ0n) is 22.2. The van der Waals surface area contributed by atoms with Crippen LogP contribution in [-0.4, -0.2) is 99.2 Å². The molecule has 3 aromatic rings. The number of rotatable bonds is 11. The summed E-state index contributed by atoms with van der Waals surface area (Å²) < 4.78 is 21.7. The molecule has 4 N–H and O–H groups in total. The molecule has 0 radical (unpaired) electrons. The van der Waals surface area contributed by atoms with E-state index in [2.05, 4.69) is 20.4 Å². The maximum atomic E-state index is 13.2. The van der Waals surface area contributed by atoms with Crippen molar-refractivity contribution in [3.8, 4) is 5.69 Å². The Kier molecular flexibility index (Phi) is 10.4. The number of carbonyl (C=O) groups excluding carboxylic acids is 2. The van der Waals surface area contributed by atoms with E-state index in [9.17, 15) is 23.5 Å². The highest BCUT2D eigenvalue weighted by Gasteiger charge is 2.23. The van der Waals surface area contributed by atoms with Gasteiger partial charge in [0.15, 0.2) is 0 Å². The van der Waals surface area contributed by atoms with Crippen LogP contribution in [0.15, 0.2) is 65.6 Å². The van der Waals surface area contributed by atoms with Crippen LogP contribution >= 0.6 is 33.5 Å². The van der Waals surface area contributed by atoms with E-state index < -0.39 is 10.6 Å². The van der Waals surface area contributed by atoms with Gasteiger partial charge in [-0.05, 0) is 49.5 Å². The molecule has 4 rings (SSSR count). The predicted octanol–water partition coefficient (Wildman–Crippen LogP) is 3.08. The van der Waals surface area contributed by atoms with Gasteiger partial charge >= 0.3 is 0 Å². The minimum absolute atomic E-state index is 0.164. The average Bonchev–Trinajstić information content (AvgIpc) is 3.37. The lowest BCUT2D eigenvalue weighted by molar-refractivity contribution is 0.0899. The number of hydrogen-bond donors (Lipinski definition) is 4. The van der Waals surface area contributed by atoms with Crippen molar-refractivity contribution in [3.63, 3.8) is 0 Å². The molecule has 216 valence electrons. The minimum atomic E-state index is -2.44. The normalized spacial score (nSPS) is 16.8. The number of likely N-dealkylation sites (N-methyl/N-ethyl adjacent to an activating group) is 1. The highest BCUT2D eigenvalue weighted by atomic mass is 35.5. The molecule has 1 atom stereocenters. The molecule has 0 aliphatic carbocycles. The second-order valence-corrected chi connectivity index (χ2v) is 13.9. The lowest BCUT2D eigenvalue weighted by Gasteiger charge is -2.41. The summed E-state index contributed by atoms with van der Waals surface area (Å²) in [7, 11) is -0.490. The molecule has 40 heavy (non-hydrogen) atoms. The summed E-state index contributed by atoms with van der Waals surface area (Å²) in [6, 6.07) is 14.6. The molecule has 13 heteroatoms. The molecule has 1 saturated heterocycles. The van der Waals surface area contributed by atoms with E-state index in [1.807, 2.05) is 7.05 Å². The third-order valence-corrected chi connectivity index (χ3v) is 9.57. The molecule has 2 amide bonds. The number of benzene rings is 1. The van der Waals surface area contributed by atoms with Gasteiger partial charge in [-0.15, -0.1) is 11.3 Å². The summed E-state index contributed by atoms with van der Waals surface area (Å²) in [5, 5.41) is 5.93. The Balaban J connectivity index is 1.38. The number of hydrogen-bond acceptors (Lipinski definition) is 8. The van der Waals surface area contributed by atoms with Crippen LogP contribution in [0.1, 0.15) is 20.0 Å². The van der Waals surface area contributed by atoms with Crippen molar-refractivity contribution in [2.24, 2.45) is 0 Å². The molecule has 0 spiro atoms. The van der Waals surface area contributed by atoms with Crippen molar-refractivity contribution >= 4 is 45.3 Å². The van der Waals surface area contributed by atoms with Crippen LogP contribution < -0.4 is 16.2 Å². The van der Waals surface area contributed by atoms with E-state index in [1.54, 1.807) is 54.7 Å². The van der Waals surface area contributed by atoms with Gasteiger partial charge in [-0.3, -0.25) is 33.0 Å². The topological polar surface area (TPSA) is 127 Å². The van der Waals surface area contributed by atoms with Crippen molar-refractivity contribution in [1.82, 2.24) is 25.0 Å². The van der Waals surface area contributed by atoms with Gasteiger partial charge in [0.25, 0.3) is 17.4 Å². The number of carbonyl (C=O) groups is 2. The fourth-order valence-corrected chi connectivity index (χ4v) is 6.62. The number of amides is 2. The van der Waals surface area contributed by atoms with Crippen molar-refractivity contribution < 1.29 is 18.7 Å². The Labute approximate surface area is 243 Å². The largest absolute Gasteiger partial charge is 0.349 e. The molecule has 1 aliphatic rings. The van der Waals surface area contributed by atoms with Crippen LogP contribution in [0.4, 0.5) is 0 Å². The Morgan fingerprint density at radius 3 is 2.45 bits per heavy atom. The molecule has 10 nitrogen and oxygen atoms in total. The van der Waals surface area contributed by atoms with Crippen LogP contribution in [0.3, 0.4) is 0 Å². The van der Waals surface area contributed by atoms with Gasteiger partial charge in [0.05, 0.1) is 26.8 Å². The molecule has 1 aliphatic heterocycles. The van der Waals surface area contributed by atoms with Gasteiger partial charge in [0, 0.05) is 62.8 Å². The highest BCUT2D eigenvalue weighted by molar-refractivity contribution is 8.24. The van der Waals surface area contributed by atoms with Gasteiger partial charge in [-0.25, -0.2) is 0 Å². The van der Waals surface area contributed by atoms with Gasteiger partial charge in [0.2, 0.25) is 0 Å². The molecule has 0 saturated carbocycles. The monoisotopic (exact) mass is 607 g/mol. The van der Waals surface area contributed by atoms with Gasteiger partial charge in [-0.1, -0.05) is 17.7 Å². The zero-order chi connectivity index (χ0) is 28.7. The standard InChI is InChI=1S/C27H34ClN5O5S2/c1-31(12-13-32-14-16-40(37,38)17-15-32)19-21(18-29-27(36)23-9-10-24(28)39-23)30-26(35)20-5-7-22(8-6-20)33-11-3-2-4-25(33)34/h2-11,21,37-38H,12-19H2,1H3,(H,29,36)(H,30,35). The van der Waals surface area contributed by atoms with Gasteiger partial charge in [-0.2, -0.15) is 10.6 Å². The number of nitrogens with one attached hydrogen (secondary N) is 2. The Morgan fingerprint density at radius 1 is 1.07 bits per heavy atom. The summed E-state index contributed by atoms with van der Waals surface area (Å²) in [6.45, 7) is 3.44. The molecule has 1 unspecified atom stereocenters. The summed E-state index contributed by atoms with van der Waals surface area (Å²) in [5.41, 5.74) is 0.923. The van der Waals surface area contributed by atoms with Crippen LogP contribution in [0.2, 0.25) is 4.34 Å². The SMILES string of the molecule is CN(CCN1CCS(O)(O)CC1)CC(CNC(=O)c1ccc(Cl)s1)NC(=O)c1ccc(-n2ccccc2=O)cc1. The third kappa shape index (κ3) is 8.64. The maximum absolute atomic E-state index is 13.2. The number of thiophene rings is 1. The molecule has 1 fully saturated rings. The molecule has 3 heterocycles. The van der Waals surface area contributed by atoms with Crippen LogP contribution in [-0.2, 0) is 0 Å². The van der Waals surface area contributed by atoms with E-state index in [1.165, 1.54) is 22.0 Å². The number of halogens is 1. The van der Waals surface area contributed by atoms with E-state index in [0.29, 0.717) is 58.1 Å². The summed E-state index contributed by atoms with van der Waals surface area (Å²) in [5.74, 6) is 0.237.